The zero-order valence-electron chi connectivity index (χ0n) is 15.2. The number of carbonyl (C=O) groups is 1. The lowest BCUT2D eigenvalue weighted by Gasteiger charge is -2.18. The first kappa shape index (κ1) is 18.7. The van der Waals surface area contributed by atoms with E-state index in [9.17, 15) is 4.79 Å². The summed E-state index contributed by atoms with van der Waals surface area (Å²) in [6.07, 6.45) is 0.742. The van der Waals surface area contributed by atoms with Gasteiger partial charge in [-0.3, -0.25) is 9.89 Å². The van der Waals surface area contributed by atoms with Gasteiger partial charge in [0, 0.05) is 24.9 Å². The van der Waals surface area contributed by atoms with Crippen molar-refractivity contribution < 1.29 is 4.79 Å². The topological polar surface area (TPSA) is 61.9 Å². The van der Waals surface area contributed by atoms with E-state index in [0.717, 1.165) is 12.2 Å². The SMILES string of the molecule is Cc1ccc(CN(C)C(=O)CSc2n[nH]c(Cc3cccs3)n2)c(C)c1. The van der Waals surface area contributed by atoms with Gasteiger partial charge in [-0.05, 0) is 36.4 Å². The van der Waals surface area contributed by atoms with Gasteiger partial charge in [0.15, 0.2) is 0 Å². The van der Waals surface area contributed by atoms with Gasteiger partial charge >= 0.3 is 0 Å². The van der Waals surface area contributed by atoms with Crippen molar-refractivity contribution in [2.75, 3.05) is 12.8 Å². The van der Waals surface area contributed by atoms with Gasteiger partial charge in [0.25, 0.3) is 0 Å². The van der Waals surface area contributed by atoms with E-state index < -0.39 is 0 Å². The highest BCUT2D eigenvalue weighted by Gasteiger charge is 2.13. The summed E-state index contributed by atoms with van der Waals surface area (Å²) in [6, 6.07) is 10.4. The highest BCUT2D eigenvalue weighted by Crippen LogP contribution is 2.18. The highest BCUT2D eigenvalue weighted by atomic mass is 32.2. The number of amides is 1. The Balaban J connectivity index is 1.51. The summed E-state index contributed by atoms with van der Waals surface area (Å²) in [5, 5.41) is 9.81. The predicted molar refractivity (Wildman–Crippen MR) is 107 cm³/mol. The van der Waals surface area contributed by atoms with Crippen molar-refractivity contribution in [3.8, 4) is 0 Å². The number of aryl methyl sites for hydroxylation is 2. The molecule has 1 N–H and O–H groups in total. The first-order valence-corrected chi connectivity index (χ1v) is 10.2. The fraction of sp³-hybridized carbons (Fsp3) is 0.316. The van der Waals surface area contributed by atoms with Gasteiger partial charge in [0.05, 0.1) is 5.75 Å². The second-order valence-electron chi connectivity index (χ2n) is 6.29. The number of H-pyrrole nitrogens is 1. The van der Waals surface area contributed by atoms with Crippen LogP contribution >= 0.6 is 23.1 Å². The molecule has 3 aromatic rings. The van der Waals surface area contributed by atoms with Gasteiger partial charge in [-0.2, -0.15) is 0 Å². The molecule has 0 aliphatic carbocycles. The molecule has 7 heteroatoms. The molecule has 0 unspecified atom stereocenters. The van der Waals surface area contributed by atoms with Gasteiger partial charge in [-0.15, -0.1) is 16.4 Å². The zero-order valence-corrected chi connectivity index (χ0v) is 16.8. The third kappa shape index (κ3) is 4.95. The Morgan fingerprint density at radius 2 is 2.15 bits per heavy atom. The lowest BCUT2D eigenvalue weighted by Crippen LogP contribution is -2.28. The average Bonchev–Trinajstić information content (AvgIpc) is 3.27. The highest BCUT2D eigenvalue weighted by molar-refractivity contribution is 7.99. The lowest BCUT2D eigenvalue weighted by atomic mass is 10.1. The van der Waals surface area contributed by atoms with Gasteiger partial charge in [0.1, 0.15) is 5.82 Å². The first-order valence-electron chi connectivity index (χ1n) is 8.38. The molecule has 0 spiro atoms. The predicted octanol–water partition coefficient (Wildman–Crippen LogP) is 3.82. The third-order valence-corrected chi connectivity index (χ3v) is 5.80. The number of thioether (sulfide) groups is 1. The Hall–Kier alpha value is -2.12. The van der Waals surface area contributed by atoms with Crippen LogP contribution in [0.25, 0.3) is 0 Å². The summed E-state index contributed by atoms with van der Waals surface area (Å²) in [5.74, 6) is 1.23. The maximum absolute atomic E-state index is 12.4. The lowest BCUT2D eigenvalue weighted by molar-refractivity contribution is -0.127. The molecule has 0 saturated carbocycles. The Kier molecular flexibility index (Phi) is 6.11. The summed E-state index contributed by atoms with van der Waals surface area (Å²) >= 11 is 3.06. The maximum Gasteiger partial charge on any atom is 0.233 e. The second-order valence-corrected chi connectivity index (χ2v) is 8.26. The molecule has 5 nitrogen and oxygen atoms in total. The van der Waals surface area contributed by atoms with E-state index in [1.165, 1.54) is 33.3 Å². The van der Waals surface area contributed by atoms with Crippen molar-refractivity contribution in [1.29, 1.82) is 0 Å². The molecular weight excluding hydrogens is 364 g/mol. The molecule has 2 aromatic heterocycles. The monoisotopic (exact) mass is 386 g/mol. The molecule has 0 radical (unpaired) electrons. The van der Waals surface area contributed by atoms with Crippen molar-refractivity contribution in [2.24, 2.45) is 0 Å². The number of nitrogens with zero attached hydrogens (tertiary/aromatic N) is 3. The smallest absolute Gasteiger partial charge is 0.233 e. The van der Waals surface area contributed by atoms with Gasteiger partial charge in [0.2, 0.25) is 11.1 Å². The molecule has 3 rings (SSSR count). The number of benzene rings is 1. The van der Waals surface area contributed by atoms with E-state index in [-0.39, 0.29) is 5.91 Å². The van der Waals surface area contributed by atoms with Crippen LogP contribution in [0.2, 0.25) is 0 Å². The van der Waals surface area contributed by atoms with Crippen molar-refractivity contribution >= 4 is 29.0 Å². The Bertz CT molecular complexity index is 874. The van der Waals surface area contributed by atoms with Crippen LogP contribution in [-0.4, -0.2) is 38.8 Å². The second kappa shape index (κ2) is 8.51. The average molecular weight is 387 g/mol. The summed E-state index contributed by atoms with van der Waals surface area (Å²) < 4.78 is 0. The van der Waals surface area contributed by atoms with Crippen LogP contribution in [0.3, 0.4) is 0 Å². The molecule has 0 saturated heterocycles. The van der Waals surface area contributed by atoms with Gasteiger partial charge < -0.3 is 4.90 Å². The number of carbonyl (C=O) groups excluding carboxylic acids is 1. The molecule has 2 heterocycles. The molecule has 136 valence electrons. The number of hydrogen-bond donors (Lipinski definition) is 1. The van der Waals surface area contributed by atoms with Crippen LogP contribution in [0.5, 0.6) is 0 Å². The van der Waals surface area contributed by atoms with Crippen LogP contribution in [0.4, 0.5) is 0 Å². The fourth-order valence-electron chi connectivity index (χ4n) is 2.60. The first-order chi connectivity index (χ1) is 12.5. The molecule has 0 atom stereocenters. The summed E-state index contributed by atoms with van der Waals surface area (Å²) in [7, 11) is 1.84. The van der Waals surface area contributed by atoms with Gasteiger partial charge in [-0.25, -0.2) is 4.98 Å². The summed E-state index contributed by atoms with van der Waals surface area (Å²) in [5.41, 5.74) is 3.62. The quantitative estimate of drug-likeness (QED) is 0.627. The zero-order chi connectivity index (χ0) is 18.5. The van der Waals surface area contributed by atoms with Crippen molar-refractivity contribution in [3.05, 3.63) is 63.1 Å². The van der Waals surface area contributed by atoms with Crippen LogP contribution in [0, 0.1) is 13.8 Å². The third-order valence-electron chi connectivity index (χ3n) is 4.09. The molecule has 0 aliphatic heterocycles. The maximum atomic E-state index is 12.4. The van der Waals surface area contributed by atoms with E-state index in [1.54, 1.807) is 16.2 Å². The number of rotatable bonds is 7. The minimum absolute atomic E-state index is 0.0691. The number of thiophene rings is 1. The van der Waals surface area contributed by atoms with E-state index >= 15 is 0 Å². The molecule has 1 amide bonds. The fourth-order valence-corrected chi connectivity index (χ4v) is 4.07. The van der Waals surface area contributed by atoms with Crippen LogP contribution in [-0.2, 0) is 17.8 Å². The minimum Gasteiger partial charge on any atom is -0.341 e. The molecule has 1 aromatic carbocycles. The molecular formula is C19H22N4OS2. The van der Waals surface area contributed by atoms with Crippen molar-refractivity contribution in [2.45, 2.75) is 32.0 Å². The normalized spacial score (nSPS) is 10.9. The largest absolute Gasteiger partial charge is 0.341 e. The number of aromatic nitrogens is 3. The molecule has 0 bridgehead atoms. The van der Waals surface area contributed by atoms with E-state index in [1.807, 2.05) is 18.5 Å². The summed E-state index contributed by atoms with van der Waals surface area (Å²) in [4.78, 5) is 19.9. The van der Waals surface area contributed by atoms with Crippen LogP contribution < -0.4 is 0 Å². The van der Waals surface area contributed by atoms with Crippen LogP contribution in [0.1, 0.15) is 27.4 Å². The number of hydrogen-bond acceptors (Lipinski definition) is 5. The Morgan fingerprint density at radius 3 is 2.88 bits per heavy atom. The number of nitrogens with one attached hydrogen (secondary N) is 1. The standard InChI is InChI=1S/C19H22N4OS2/c1-13-6-7-15(14(2)9-13)11-23(3)18(24)12-26-19-20-17(21-22-19)10-16-5-4-8-25-16/h4-9H,10-12H2,1-3H3,(H,20,21,22). The van der Waals surface area contributed by atoms with E-state index in [2.05, 4.69) is 53.3 Å². The summed E-state index contributed by atoms with van der Waals surface area (Å²) in [6.45, 7) is 4.77. The van der Waals surface area contributed by atoms with Crippen molar-refractivity contribution in [3.63, 3.8) is 0 Å². The number of aromatic amines is 1. The van der Waals surface area contributed by atoms with E-state index in [0.29, 0.717) is 17.5 Å². The molecule has 0 aliphatic rings. The molecule has 26 heavy (non-hydrogen) atoms. The molecule has 0 fully saturated rings. The Labute approximate surface area is 161 Å². The Morgan fingerprint density at radius 1 is 1.31 bits per heavy atom. The minimum atomic E-state index is 0.0691. The van der Waals surface area contributed by atoms with Crippen molar-refractivity contribution in [1.82, 2.24) is 20.1 Å². The van der Waals surface area contributed by atoms with E-state index in [4.69, 9.17) is 0 Å². The van der Waals surface area contributed by atoms with Gasteiger partial charge in [-0.1, -0.05) is 41.6 Å². The van der Waals surface area contributed by atoms with Crippen LogP contribution in [0.15, 0.2) is 40.9 Å².